The minimum absolute atomic E-state index is 0.852. The highest BCUT2D eigenvalue weighted by Crippen LogP contribution is 2.50. The molecule has 1 aliphatic heterocycles. The van der Waals surface area contributed by atoms with Gasteiger partial charge in [0.05, 0.1) is 0 Å². The molecule has 0 radical (unpaired) electrons. The van der Waals surface area contributed by atoms with E-state index in [0.717, 1.165) is 36.3 Å². The molecule has 70 valence electrons. The summed E-state index contributed by atoms with van der Waals surface area (Å²) in [5, 5.41) is 0. The topological polar surface area (TPSA) is 30.0 Å². The van der Waals surface area contributed by atoms with Gasteiger partial charge in [0.1, 0.15) is 12.6 Å². The van der Waals surface area contributed by atoms with E-state index in [1.165, 1.54) is 0 Å². The molecule has 13 heavy (non-hydrogen) atoms. The molecule has 0 aromatic carbocycles. The van der Waals surface area contributed by atoms with Crippen LogP contribution in [0.25, 0.3) is 0 Å². The Morgan fingerprint density at radius 1 is 1.31 bits per heavy atom. The van der Waals surface area contributed by atoms with Gasteiger partial charge in [0.2, 0.25) is 0 Å². The molecule has 0 N–H and O–H groups in total. The molecule has 0 spiro atoms. The molecule has 1 saturated heterocycles. The second-order valence-corrected chi connectivity index (χ2v) is 6.81. The summed E-state index contributed by atoms with van der Waals surface area (Å²) in [6.45, 7) is 1.95. The Morgan fingerprint density at radius 2 is 2.00 bits per heavy atom. The quantitative estimate of drug-likeness (QED) is 0.643. The summed E-state index contributed by atoms with van der Waals surface area (Å²) in [5.74, 6) is 0. The fraction of sp³-hybridized carbons (Fsp3) is 0.500. The van der Waals surface area contributed by atoms with Crippen LogP contribution in [-0.4, -0.2) is 17.3 Å². The number of aryl methyl sites for hydroxylation is 1. The van der Waals surface area contributed by atoms with Gasteiger partial charge in [-0.1, -0.05) is 6.07 Å². The maximum absolute atomic E-state index is 12.3. The van der Waals surface area contributed by atoms with Crippen LogP contribution in [0.3, 0.4) is 0 Å². The van der Waals surface area contributed by atoms with Gasteiger partial charge in [-0.15, -0.1) is 0 Å². The Hall–Kier alpha value is -0.620. The summed E-state index contributed by atoms with van der Waals surface area (Å²) >= 11 is 0. The number of nitrogens with zero attached hydrogens (tertiary/aromatic N) is 1. The first-order chi connectivity index (χ1) is 6.21. The summed E-state index contributed by atoms with van der Waals surface area (Å²) in [7, 11) is -2.06. The summed E-state index contributed by atoms with van der Waals surface area (Å²) in [6, 6.07) is 5.82. The van der Waals surface area contributed by atoms with Crippen LogP contribution in [0.2, 0.25) is 0 Å². The van der Waals surface area contributed by atoms with Crippen molar-refractivity contribution in [2.75, 3.05) is 12.3 Å². The van der Waals surface area contributed by atoms with Crippen LogP contribution in [0.1, 0.15) is 18.5 Å². The van der Waals surface area contributed by atoms with Crippen molar-refractivity contribution in [2.45, 2.75) is 19.8 Å². The average molecular weight is 195 g/mol. The van der Waals surface area contributed by atoms with Crippen molar-refractivity contribution in [1.29, 1.82) is 0 Å². The van der Waals surface area contributed by atoms with Crippen molar-refractivity contribution in [3.05, 3.63) is 23.9 Å². The molecule has 0 aliphatic carbocycles. The Bertz CT molecular complexity index is 352. The molecule has 0 amide bonds. The lowest BCUT2D eigenvalue weighted by Crippen LogP contribution is -2.11. The van der Waals surface area contributed by atoms with Gasteiger partial charge in [-0.05, 0) is 31.9 Å². The van der Waals surface area contributed by atoms with E-state index in [4.69, 9.17) is 0 Å². The van der Waals surface area contributed by atoms with Crippen LogP contribution in [0.15, 0.2) is 18.2 Å². The molecule has 1 aromatic heterocycles. The molecular formula is C10H14NOP. The van der Waals surface area contributed by atoms with Crippen LogP contribution in [0.5, 0.6) is 0 Å². The van der Waals surface area contributed by atoms with Gasteiger partial charge < -0.3 is 4.57 Å². The SMILES string of the molecule is Cc1cccc(P2(=O)CCCC2)n1. The van der Waals surface area contributed by atoms with Gasteiger partial charge in [-0.2, -0.15) is 0 Å². The first-order valence-corrected chi connectivity index (χ1v) is 6.81. The first kappa shape index (κ1) is 8.96. The zero-order valence-corrected chi connectivity index (χ0v) is 8.76. The van der Waals surface area contributed by atoms with E-state index in [2.05, 4.69) is 4.98 Å². The Balaban J connectivity index is 2.39. The van der Waals surface area contributed by atoms with Crippen LogP contribution in [0.4, 0.5) is 0 Å². The third-order valence-corrected chi connectivity index (χ3v) is 5.74. The third kappa shape index (κ3) is 1.68. The molecular weight excluding hydrogens is 181 g/mol. The summed E-state index contributed by atoms with van der Waals surface area (Å²) in [5.41, 5.74) is 1.82. The predicted octanol–water partition coefficient (Wildman–Crippen LogP) is 2.17. The minimum atomic E-state index is -2.06. The maximum Gasteiger partial charge on any atom is 0.133 e. The lowest BCUT2D eigenvalue weighted by molar-refractivity contribution is 0.584. The maximum atomic E-state index is 12.3. The van der Waals surface area contributed by atoms with Crippen molar-refractivity contribution in [3.63, 3.8) is 0 Å². The standard InChI is InChI=1S/C10H14NOP/c1-9-5-4-6-10(11-9)13(12)7-2-3-8-13/h4-6H,2-3,7-8H2,1H3. The van der Waals surface area contributed by atoms with E-state index in [1.54, 1.807) is 0 Å². The van der Waals surface area contributed by atoms with Crippen LogP contribution < -0.4 is 5.44 Å². The average Bonchev–Trinajstić information content (AvgIpc) is 2.54. The number of hydrogen-bond acceptors (Lipinski definition) is 2. The highest BCUT2D eigenvalue weighted by molar-refractivity contribution is 7.71. The van der Waals surface area contributed by atoms with Crippen molar-refractivity contribution < 1.29 is 4.57 Å². The zero-order chi connectivity index (χ0) is 9.31. The van der Waals surface area contributed by atoms with E-state index in [0.29, 0.717) is 0 Å². The highest BCUT2D eigenvalue weighted by Gasteiger charge is 2.29. The molecule has 1 aliphatic rings. The first-order valence-electron chi connectivity index (χ1n) is 4.73. The monoisotopic (exact) mass is 195 g/mol. The zero-order valence-electron chi connectivity index (χ0n) is 7.86. The van der Waals surface area contributed by atoms with Crippen LogP contribution >= 0.6 is 7.14 Å². The Kier molecular flexibility index (Phi) is 2.25. The molecule has 2 heterocycles. The third-order valence-electron chi connectivity index (χ3n) is 2.58. The molecule has 2 rings (SSSR count). The van der Waals surface area contributed by atoms with Gasteiger partial charge >= 0.3 is 0 Å². The Morgan fingerprint density at radius 3 is 2.62 bits per heavy atom. The van der Waals surface area contributed by atoms with Crippen molar-refractivity contribution in [2.24, 2.45) is 0 Å². The van der Waals surface area contributed by atoms with E-state index in [9.17, 15) is 4.57 Å². The number of aromatic nitrogens is 1. The van der Waals surface area contributed by atoms with Gasteiger partial charge in [0, 0.05) is 18.0 Å². The predicted molar refractivity (Wildman–Crippen MR) is 55.2 cm³/mol. The van der Waals surface area contributed by atoms with E-state index < -0.39 is 7.14 Å². The fourth-order valence-electron chi connectivity index (χ4n) is 1.83. The molecule has 0 bridgehead atoms. The second kappa shape index (κ2) is 3.26. The second-order valence-electron chi connectivity index (χ2n) is 3.68. The summed E-state index contributed by atoms with van der Waals surface area (Å²) < 4.78 is 12.3. The normalized spacial score (nSPS) is 20.4. The highest BCUT2D eigenvalue weighted by atomic mass is 31.2. The summed E-state index contributed by atoms with van der Waals surface area (Å²) in [6.07, 6.45) is 3.94. The molecule has 3 heteroatoms. The van der Waals surface area contributed by atoms with E-state index in [-0.39, 0.29) is 0 Å². The molecule has 2 nitrogen and oxygen atoms in total. The van der Waals surface area contributed by atoms with Gasteiger partial charge in [-0.25, -0.2) is 0 Å². The van der Waals surface area contributed by atoms with E-state index in [1.807, 2.05) is 25.1 Å². The number of hydrogen-bond donors (Lipinski definition) is 0. The summed E-state index contributed by atoms with van der Waals surface area (Å²) in [4.78, 5) is 4.36. The van der Waals surface area contributed by atoms with Gasteiger partial charge in [0.15, 0.2) is 0 Å². The van der Waals surface area contributed by atoms with Gasteiger partial charge in [-0.3, -0.25) is 4.98 Å². The Labute approximate surface area is 78.8 Å². The molecule has 0 atom stereocenters. The van der Waals surface area contributed by atoms with E-state index >= 15 is 0 Å². The fourth-order valence-corrected chi connectivity index (χ4v) is 4.68. The van der Waals surface area contributed by atoms with Crippen molar-refractivity contribution in [3.8, 4) is 0 Å². The molecule has 1 aromatic rings. The smallest absolute Gasteiger partial charge is 0.133 e. The largest absolute Gasteiger partial charge is 0.317 e. The lowest BCUT2D eigenvalue weighted by Gasteiger charge is -2.09. The molecule has 0 saturated carbocycles. The minimum Gasteiger partial charge on any atom is -0.317 e. The van der Waals surface area contributed by atoms with Crippen LogP contribution in [-0.2, 0) is 4.57 Å². The number of rotatable bonds is 1. The van der Waals surface area contributed by atoms with Gasteiger partial charge in [0.25, 0.3) is 0 Å². The molecule has 1 fully saturated rings. The lowest BCUT2D eigenvalue weighted by atomic mass is 10.4. The van der Waals surface area contributed by atoms with Crippen LogP contribution in [0, 0.1) is 6.92 Å². The number of pyridine rings is 1. The van der Waals surface area contributed by atoms with Crippen molar-refractivity contribution >= 4 is 12.6 Å². The van der Waals surface area contributed by atoms with Crippen molar-refractivity contribution in [1.82, 2.24) is 4.98 Å². The molecule has 0 unspecified atom stereocenters.